The summed E-state index contributed by atoms with van der Waals surface area (Å²) in [6.45, 7) is 4.16. The Morgan fingerprint density at radius 2 is 2.15 bits per heavy atom. The van der Waals surface area contributed by atoms with Crippen molar-refractivity contribution in [1.82, 2.24) is 4.98 Å². The van der Waals surface area contributed by atoms with Gasteiger partial charge in [0, 0.05) is 35.0 Å². The first kappa shape index (κ1) is 13.8. The number of nitrogens with zero attached hydrogens (tertiary/aromatic N) is 2. The summed E-state index contributed by atoms with van der Waals surface area (Å²) < 4.78 is 0. The van der Waals surface area contributed by atoms with Gasteiger partial charge in [0.15, 0.2) is 0 Å². The fraction of sp³-hybridized carbons (Fsp3) is 0.312. The van der Waals surface area contributed by atoms with Gasteiger partial charge in [-0.3, -0.25) is 0 Å². The van der Waals surface area contributed by atoms with Gasteiger partial charge in [-0.15, -0.1) is 11.8 Å². The summed E-state index contributed by atoms with van der Waals surface area (Å²) in [6, 6.07) is 12.6. The zero-order valence-electron chi connectivity index (χ0n) is 11.4. The maximum atomic E-state index is 6.20. The van der Waals surface area contributed by atoms with Crippen LogP contribution in [0.2, 0.25) is 5.15 Å². The molecule has 1 aromatic heterocycles. The molecule has 0 saturated carbocycles. The minimum Gasteiger partial charge on any atom is -0.366 e. The van der Waals surface area contributed by atoms with E-state index in [2.05, 4.69) is 47.1 Å². The molecule has 4 heteroatoms. The number of hydrogen-bond acceptors (Lipinski definition) is 3. The molecule has 0 fully saturated rings. The summed E-state index contributed by atoms with van der Waals surface area (Å²) in [4.78, 5) is 7.94. The van der Waals surface area contributed by atoms with Gasteiger partial charge in [-0.25, -0.2) is 4.98 Å². The van der Waals surface area contributed by atoms with Gasteiger partial charge in [-0.1, -0.05) is 36.7 Å². The predicted octanol–water partition coefficient (Wildman–Crippen LogP) is 4.63. The van der Waals surface area contributed by atoms with Crippen molar-refractivity contribution in [3.63, 3.8) is 0 Å². The largest absolute Gasteiger partial charge is 0.366 e. The van der Waals surface area contributed by atoms with Crippen LogP contribution in [0.25, 0.3) is 0 Å². The molecule has 0 aliphatic carbocycles. The van der Waals surface area contributed by atoms with Crippen molar-refractivity contribution in [2.75, 3.05) is 11.4 Å². The molecule has 0 spiro atoms. The fourth-order valence-electron chi connectivity index (χ4n) is 2.46. The first-order valence-corrected chi connectivity index (χ1v) is 8.10. The zero-order chi connectivity index (χ0) is 13.9. The number of fused-ring (bicyclic) bond motifs is 1. The third-order valence-electron chi connectivity index (χ3n) is 3.54. The van der Waals surface area contributed by atoms with E-state index in [0.717, 1.165) is 18.7 Å². The molecule has 1 unspecified atom stereocenters. The summed E-state index contributed by atoms with van der Waals surface area (Å²) >= 11 is 8.16. The lowest BCUT2D eigenvalue weighted by atomic mass is 10.2. The van der Waals surface area contributed by atoms with Crippen LogP contribution in [-0.2, 0) is 6.54 Å². The van der Waals surface area contributed by atoms with E-state index in [-0.39, 0.29) is 0 Å². The van der Waals surface area contributed by atoms with Crippen LogP contribution in [0.5, 0.6) is 0 Å². The molecule has 1 atom stereocenters. The molecule has 0 N–H and O–H groups in total. The average molecular weight is 305 g/mol. The second-order valence-corrected chi connectivity index (χ2v) is 6.90. The van der Waals surface area contributed by atoms with E-state index in [0.29, 0.717) is 10.4 Å². The number of aromatic nitrogens is 1. The molecule has 0 amide bonds. The van der Waals surface area contributed by atoms with E-state index in [4.69, 9.17) is 11.6 Å². The number of benzene rings is 1. The van der Waals surface area contributed by atoms with Crippen LogP contribution in [0, 0.1) is 0 Å². The lowest BCUT2D eigenvalue weighted by Crippen LogP contribution is -2.24. The minimum atomic E-state index is 0.606. The van der Waals surface area contributed by atoms with Crippen LogP contribution in [0.3, 0.4) is 0 Å². The van der Waals surface area contributed by atoms with Crippen molar-refractivity contribution in [3.8, 4) is 0 Å². The summed E-state index contributed by atoms with van der Waals surface area (Å²) in [6.07, 6.45) is 2.91. The van der Waals surface area contributed by atoms with Gasteiger partial charge in [0.05, 0.1) is 5.69 Å². The quantitative estimate of drug-likeness (QED) is 0.753. The van der Waals surface area contributed by atoms with E-state index in [1.165, 1.54) is 17.0 Å². The van der Waals surface area contributed by atoms with Gasteiger partial charge in [0.25, 0.3) is 0 Å². The number of hydrogen-bond donors (Lipinski definition) is 0. The lowest BCUT2D eigenvalue weighted by molar-refractivity contribution is 0.729. The van der Waals surface area contributed by atoms with Crippen molar-refractivity contribution in [3.05, 3.63) is 53.3 Å². The molecule has 104 valence electrons. The van der Waals surface area contributed by atoms with Gasteiger partial charge >= 0.3 is 0 Å². The Balaban J connectivity index is 1.92. The number of rotatable bonds is 2. The Bertz CT molecular complexity index is 603. The van der Waals surface area contributed by atoms with Crippen LogP contribution < -0.4 is 4.90 Å². The Hall–Kier alpha value is -1.19. The topological polar surface area (TPSA) is 16.1 Å². The highest BCUT2D eigenvalue weighted by molar-refractivity contribution is 8.00. The molecule has 2 heterocycles. The Morgan fingerprint density at radius 3 is 3.00 bits per heavy atom. The molecule has 1 aromatic carbocycles. The summed E-state index contributed by atoms with van der Waals surface area (Å²) in [5, 5.41) is 1.25. The number of halogens is 1. The van der Waals surface area contributed by atoms with Gasteiger partial charge in [0.1, 0.15) is 5.15 Å². The molecule has 2 nitrogen and oxygen atoms in total. The third kappa shape index (κ3) is 2.94. The molecule has 2 aromatic rings. The van der Waals surface area contributed by atoms with Gasteiger partial charge in [-0.05, 0) is 24.6 Å². The summed E-state index contributed by atoms with van der Waals surface area (Å²) in [7, 11) is 0. The molecule has 3 rings (SSSR count). The SMILES string of the molecule is CC1CCN(Cc2cccnc2Cl)c2ccccc2S1. The molecule has 1 aliphatic heterocycles. The Morgan fingerprint density at radius 1 is 1.30 bits per heavy atom. The van der Waals surface area contributed by atoms with E-state index >= 15 is 0 Å². The highest BCUT2D eigenvalue weighted by Gasteiger charge is 2.20. The summed E-state index contributed by atoms with van der Waals surface area (Å²) in [5.41, 5.74) is 2.39. The molecular formula is C16H17ClN2S. The lowest BCUT2D eigenvalue weighted by Gasteiger charge is -2.24. The fourth-order valence-corrected chi connectivity index (χ4v) is 3.77. The highest BCUT2D eigenvalue weighted by Crippen LogP contribution is 2.38. The normalized spacial score (nSPS) is 18.5. The second-order valence-electron chi connectivity index (χ2n) is 5.06. The number of pyridine rings is 1. The number of anilines is 1. The zero-order valence-corrected chi connectivity index (χ0v) is 13.0. The molecule has 1 aliphatic rings. The molecule has 0 bridgehead atoms. The molecule has 0 radical (unpaired) electrons. The van der Waals surface area contributed by atoms with Crippen molar-refractivity contribution in [2.24, 2.45) is 0 Å². The van der Waals surface area contributed by atoms with Crippen LogP contribution >= 0.6 is 23.4 Å². The molecule has 0 saturated heterocycles. The van der Waals surface area contributed by atoms with Crippen molar-refractivity contribution in [2.45, 2.75) is 30.0 Å². The monoisotopic (exact) mass is 304 g/mol. The van der Waals surface area contributed by atoms with Crippen LogP contribution in [0.4, 0.5) is 5.69 Å². The maximum absolute atomic E-state index is 6.20. The van der Waals surface area contributed by atoms with Crippen LogP contribution in [0.1, 0.15) is 18.9 Å². The Kier molecular flexibility index (Phi) is 4.18. The highest BCUT2D eigenvalue weighted by atomic mass is 35.5. The maximum Gasteiger partial charge on any atom is 0.133 e. The second kappa shape index (κ2) is 6.06. The van der Waals surface area contributed by atoms with Crippen molar-refractivity contribution >= 4 is 29.1 Å². The van der Waals surface area contributed by atoms with Crippen molar-refractivity contribution in [1.29, 1.82) is 0 Å². The summed E-state index contributed by atoms with van der Waals surface area (Å²) in [5.74, 6) is 0. The van der Waals surface area contributed by atoms with E-state index < -0.39 is 0 Å². The number of para-hydroxylation sites is 1. The predicted molar refractivity (Wildman–Crippen MR) is 86.7 cm³/mol. The van der Waals surface area contributed by atoms with Crippen LogP contribution in [-0.4, -0.2) is 16.8 Å². The molecule has 20 heavy (non-hydrogen) atoms. The van der Waals surface area contributed by atoms with Gasteiger partial charge in [0.2, 0.25) is 0 Å². The van der Waals surface area contributed by atoms with E-state index in [1.54, 1.807) is 6.20 Å². The van der Waals surface area contributed by atoms with Crippen LogP contribution in [0.15, 0.2) is 47.5 Å². The average Bonchev–Trinajstić information content (AvgIpc) is 2.61. The molecular weight excluding hydrogens is 288 g/mol. The third-order valence-corrected chi connectivity index (χ3v) is 5.11. The van der Waals surface area contributed by atoms with E-state index in [9.17, 15) is 0 Å². The first-order valence-electron chi connectivity index (χ1n) is 6.84. The number of thioether (sulfide) groups is 1. The van der Waals surface area contributed by atoms with Gasteiger partial charge < -0.3 is 4.90 Å². The smallest absolute Gasteiger partial charge is 0.133 e. The standard InChI is InChI=1S/C16H17ClN2S/c1-12-8-10-19(11-13-5-4-9-18-16(13)17)14-6-2-3-7-15(14)20-12/h2-7,9,12H,8,10-11H2,1H3. The van der Waals surface area contributed by atoms with Crippen molar-refractivity contribution < 1.29 is 0 Å². The first-order chi connectivity index (χ1) is 9.74. The van der Waals surface area contributed by atoms with E-state index in [1.807, 2.05) is 17.8 Å². The van der Waals surface area contributed by atoms with Gasteiger partial charge in [-0.2, -0.15) is 0 Å². The Labute approximate surface area is 129 Å². The minimum absolute atomic E-state index is 0.606.